The van der Waals surface area contributed by atoms with Crippen molar-refractivity contribution >= 4 is 23.1 Å². The van der Waals surface area contributed by atoms with Crippen molar-refractivity contribution in [3.05, 3.63) is 65.9 Å². The highest BCUT2D eigenvalue weighted by Gasteiger charge is 2.15. The number of carbonyl (C=O) groups excluding carboxylic acids is 2. The summed E-state index contributed by atoms with van der Waals surface area (Å²) in [4.78, 5) is 32.4. The first-order valence-electron chi connectivity index (χ1n) is 9.93. The molecule has 0 atom stereocenters. The SMILES string of the molecule is CC(=O)NCCCc1nc(-c2ccc(C)c(NC(=O)c3cnc4ccccn34)c2)no1. The maximum absolute atomic E-state index is 12.8. The minimum Gasteiger partial charge on any atom is -0.356 e. The van der Waals surface area contributed by atoms with Gasteiger partial charge in [0, 0.05) is 37.3 Å². The van der Waals surface area contributed by atoms with Gasteiger partial charge >= 0.3 is 0 Å². The standard InChI is InChI=1S/C22H22N6O3/c1-14-8-9-16(21-26-20(31-27-21)7-5-10-23-15(2)29)12-17(14)25-22(30)18-13-24-19-6-3-4-11-28(18)19/h3-4,6,8-9,11-13H,5,7,10H2,1-2H3,(H,23,29)(H,25,30). The molecule has 4 rings (SSSR count). The van der Waals surface area contributed by atoms with E-state index in [4.69, 9.17) is 4.52 Å². The van der Waals surface area contributed by atoms with E-state index in [1.54, 1.807) is 16.8 Å². The Balaban J connectivity index is 1.49. The van der Waals surface area contributed by atoms with Crippen molar-refractivity contribution in [2.45, 2.75) is 26.7 Å². The second kappa shape index (κ2) is 8.78. The molecule has 0 unspecified atom stereocenters. The number of amides is 2. The third kappa shape index (κ3) is 4.61. The number of rotatable bonds is 7. The third-order valence-corrected chi connectivity index (χ3v) is 4.80. The van der Waals surface area contributed by atoms with Crippen LogP contribution in [-0.2, 0) is 11.2 Å². The number of hydrogen-bond acceptors (Lipinski definition) is 6. The summed E-state index contributed by atoms with van der Waals surface area (Å²) in [5.41, 5.74) is 3.45. The van der Waals surface area contributed by atoms with E-state index in [9.17, 15) is 9.59 Å². The Morgan fingerprint density at radius 3 is 2.90 bits per heavy atom. The Morgan fingerprint density at radius 2 is 2.06 bits per heavy atom. The van der Waals surface area contributed by atoms with Gasteiger partial charge in [-0.05, 0) is 37.1 Å². The summed E-state index contributed by atoms with van der Waals surface area (Å²) in [5, 5.41) is 9.72. The molecule has 0 saturated heterocycles. The molecule has 0 spiro atoms. The van der Waals surface area contributed by atoms with Crippen LogP contribution in [0.2, 0.25) is 0 Å². The molecule has 3 aromatic heterocycles. The lowest BCUT2D eigenvalue weighted by molar-refractivity contribution is -0.118. The van der Waals surface area contributed by atoms with Crippen molar-refractivity contribution in [1.82, 2.24) is 24.8 Å². The molecule has 2 amide bonds. The Hall–Kier alpha value is -4.01. The molecular formula is C22H22N6O3. The average molecular weight is 418 g/mol. The molecule has 158 valence electrons. The van der Waals surface area contributed by atoms with Gasteiger partial charge in [0.1, 0.15) is 11.3 Å². The summed E-state index contributed by atoms with van der Waals surface area (Å²) in [6.45, 7) is 3.95. The second-order valence-corrected chi connectivity index (χ2v) is 7.15. The van der Waals surface area contributed by atoms with Crippen LogP contribution >= 0.6 is 0 Å². The van der Waals surface area contributed by atoms with Crippen molar-refractivity contribution in [2.75, 3.05) is 11.9 Å². The Kier molecular flexibility index (Phi) is 5.74. The molecule has 0 bridgehead atoms. The molecule has 0 aliphatic heterocycles. The van der Waals surface area contributed by atoms with Gasteiger partial charge in [-0.1, -0.05) is 23.4 Å². The monoisotopic (exact) mass is 418 g/mol. The van der Waals surface area contributed by atoms with Gasteiger partial charge in [-0.25, -0.2) is 4.98 Å². The van der Waals surface area contributed by atoms with Crippen LogP contribution < -0.4 is 10.6 Å². The fraction of sp³-hybridized carbons (Fsp3) is 0.227. The highest BCUT2D eigenvalue weighted by molar-refractivity contribution is 6.04. The van der Waals surface area contributed by atoms with Gasteiger partial charge in [0.25, 0.3) is 5.91 Å². The topological polar surface area (TPSA) is 114 Å². The predicted molar refractivity (Wildman–Crippen MR) is 115 cm³/mol. The van der Waals surface area contributed by atoms with Crippen molar-refractivity contribution in [3.63, 3.8) is 0 Å². The number of anilines is 1. The van der Waals surface area contributed by atoms with Crippen LogP contribution in [0.15, 0.2) is 53.3 Å². The van der Waals surface area contributed by atoms with Crippen LogP contribution in [0.25, 0.3) is 17.0 Å². The zero-order chi connectivity index (χ0) is 21.8. The van der Waals surface area contributed by atoms with E-state index in [0.29, 0.717) is 48.1 Å². The van der Waals surface area contributed by atoms with Gasteiger partial charge in [0.15, 0.2) is 0 Å². The summed E-state index contributed by atoms with van der Waals surface area (Å²) in [5.74, 6) is 0.618. The predicted octanol–water partition coefficient (Wildman–Crippen LogP) is 3.01. The number of nitrogens with zero attached hydrogens (tertiary/aromatic N) is 4. The van der Waals surface area contributed by atoms with E-state index in [2.05, 4.69) is 25.8 Å². The van der Waals surface area contributed by atoms with Crippen LogP contribution in [0.5, 0.6) is 0 Å². The summed E-state index contributed by atoms with van der Waals surface area (Å²) < 4.78 is 7.05. The minimum absolute atomic E-state index is 0.0654. The number of pyridine rings is 1. The first-order chi connectivity index (χ1) is 15.0. The van der Waals surface area contributed by atoms with E-state index in [-0.39, 0.29) is 11.8 Å². The molecule has 0 fully saturated rings. The van der Waals surface area contributed by atoms with Crippen LogP contribution in [-0.4, -0.2) is 37.9 Å². The normalized spacial score (nSPS) is 10.9. The Morgan fingerprint density at radius 1 is 1.19 bits per heavy atom. The molecule has 1 aromatic carbocycles. The van der Waals surface area contributed by atoms with Crippen LogP contribution in [0.1, 0.15) is 35.3 Å². The molecule has 2 N–H and O–H groups in total. The summed E-state index contributed by atoms with van der Waals surface area (Å²) in [6.07, 6.45) is 4.62. The fourth-order valence-corrected chi connectivity index (χ4v) is 3.16. The van der Waals surface area contributed by atoms with E-state index in [0.717, 1.165) is 11.1 Å². The lowest BCUT2D eigenvalue weighted by Crippen LogP contribution is -2.21. The van der Waals surface area contributed by atoms with Gasteiger partial charge in [-0.15, -0.1) is 0 Å². The fourth-order valence-electron chi connectivity index (χ4n) is 3.16. The largest absolute Gasteiger partial charge is 0.356 e. The summed E-state index contributed by atoms with van der Waals surface area (Å²) in [7, 11) is 0. The summed E-state index contributed by atoms with van der Waals surface area (Å²) in [6, 6.07) is 11.2. The number of carbonyl (C=O) groups is 2. The second-order valence-electron chi connectivity index (χ2n) is 7.15. The number of imidazole rings is 1. The summed E-state index contributed by atoms with van der Waals surface area (Å²) >= 11 is 0. The molecule has 0 saturated carbocycles. The number of aryl methyl sites for hydroxylation is 2. The smallest absolute Gasteiger partial charge is 0.274 e. The molecule has 31 heavy (non-hydrogen) atoms. The van der Waals surface area contributed by atoms with E-state index in [1.165, 1.54) is 6.92 Å². The van der Waals surface area contributed by atoms with Gasteiger partial charge in [0.2, 0.25) is 17.6 Å². The van der Waals surface area contributed by atoms with E-state index >= 15 is 0 Å². The number of nitrogens with one attached hydrogen (secondary N) is 2. The quantitative estimate of drug-likeness (QED) is 0.446. The van der Waals surface area contributed by atoms with Crippen molar-refractivity contribution in [1.29, 1.82) is 0 Å². The highest BCUT2D eigenvalue weighted by atomic mass is 16.5. The number of fused-ring (bicyclic) bond motifs is 1. The molecular weight excluding hydrogens is 396 g/mol. The number of benzene rings is 1. The van der Waals surface area contributed by atoms with Crippen LogP contribution in [0.3, 0.4) is 0 Å². The molecule has 0 aliphatic carbocycles. The highest BCUT2D eigenvalue weighted by Crippen LogP contribution is 2.24. The van der Waals surface area contributed by atoms with E-state index < -0.39 is 0 Å². The van der Waals surface area contributed by atoms with Gasteiger partial charge < -0.3 is 15.2 Å². The maximum Gasteiger partial charge on any atom is 0.274 e. The van der Waals surface area contributed by atoms with Gasteiger partial charge in [0.05, 0.1) is 6.20 Å². The van der Waals surface area contributed by atoms with Crippen molar-refractivity contribution in [2.24, 2.45) is 0 Å². The van der Waals surface area contributed by atoms with Gasteiger partial charge in [-0.2, -0.15) is 4.98 Å². The maximum atomic E-state index is 12.8. The molecule has 4 aromatic rings. The molecule has 0 aliphatic rings. The van der Waals surface area contributed by atoms with Crippen molar-refractivity contribution in [3.8, 4) is 11.4 Å². The first kappa shape index (κ1) is 20.3. The van der Waals surface area contributed by atoms with Crippen LogP contribution in [0.4, 0.5) is 5.69 Å². The van der Waals surface area contributed by atoms with E-state index in [1.807, 2.05) is 43.3 Å². The van der Waals surface area contributed by atoms with Crippen molar-refractivity contribution < 1.29 is 14.1 Å². The minimum atomic E-state index is -0.259. The molecule has 9 heteroatoms. The zero-order valence-corrected chi connectivity index (χ0v) is 17.3. The van der Waals surface area contributed by atoms with Gasteiger partial charge in [-0.3, -0.25) is 14.0 Å². The lowest BCUT2D eigenvalue weighted by Gasteiger charge is -2.09. The molecule has 3 heterocycles. The zero-order valence-electron chi connectivity index (χ0n) is 17.3. The van der Waals surface area contributed by atoms with Crippen LogP contribution in [0, 0.1) is 6.92 Å². The third-order valence-electron chi connectivity index (χ3n) is 4.80. The molecule has 9 nitrogen and oxygen atoms in total. The Bertz CT molecular complexity index is 1240. The number of aromatic nitrogens is 4. The Labute approximate surface area is 178 Å². The number of hydrogen-bond donors (Lipinski definition) is 2. The first-order valence-corrected chi connectivity index (χ1v) is 9.93. The molecule has 0 radical (unpaired) electrons. The average Bonchev–Trinajstić information content (AvgIpc) is 3.40. The lowest BCUT2D eigenvalue weighted by atomic mass is 10.1.